The first-order chi connectivity index (χ1) is 11.1. The molecule has 23 heavy (non-hydrogen) atoms. The second-order valence-corrected chi connectivity index (χ2v) is 7.17. The number of hydrogen-bond donors (Lipinski definition) is 0. The van der Waals surface area contributed by atoms with Crippen molar-refractivity contribution in [3.05, 3.63) is 12.5 Å². The highest BCUT2D eigenvalue weighted by Crippen LogP contribution is 2.32. The number of piperidine rings is 1. The minimum Gasteiger partial charge on any atom is -0.354 e. The Morgan fingerprint density at radius 1 is 1.09 bits per heavy atom. The fourth-order valence-electron chi connectivity index (χ4n) is 4.53. The van der Waals surface area contributed by atoms with Crippen LogP contribution < -0.4 is 4.90 Å². The summed E-state index contributed by atoms with van der Waals surface area (Å²) < 4.78 is 1.83. The number of anilines is 1. The van der Waals surface area contributed by atoms with Crippen LogP contribution in [0.5, 0.6) is 0 Å². The standard InChI is InChI=1S/C17H26N6/c1-12-6-7-13(2)23(12)14-5-4-8-22(10-14)17-15-9-20-21(3)16(15)18-11-19-17/h9,11-14H,4-8,10H2,1-3H3. The summed E-state index contributed by atoms with van der Waals surface area (Å²) in [7, 11) is 1.94. The predicted molar refractivity (Wildman–Crippen MR) is 91.5 cm³/mol. The number of aromatic nitrogens is 4. The van der Waals surface area contributed by atoms with E-state index in [1.807, 2.05) is 17.9 Å². The number of aryl methyl sites for hydroxylation is 1. The molecule has 4 rings (SSSR count). The predicted octanol–water partition coefficient (Wildman–Crippen LogP) is 2.20. The summed E-state index contributed by atoms with van der Waals surface area (Å²) in [5.41, 5.74) is 0.917. The first kappa shape index (κ1) is 14.9. The van der Waals surface area contributed by atoms with Crippen molar-refractivity contribution in [2.75, 3.05) is 18.0 Å². The van der Waals surface area contributed by atoms with Crippen LogP contribution >= 0.6 is 0 Å². The third-order valence-electron chi connectivity index (χ3n) is 5.65. The second kappa shape index (κ2) is 5.74. The van der Waals surface area contributed by atoms with Gasteiger partial charge in [0.05, 0.1) is 11.6 Å². The van der Waals surface area contributed by atoms with Gasteiger partial charge in [-0.1, -0.05) is 0 Å². The van der Waals surface area contributed by atoms with Gasteiger partial charge in [0.15, 0.2) is 5.65 Å². The minimum atomic E-state index is 0.637. The highest BCUT2D eigenvalue weighted by molar-refractivity contribution is 5.86. The Labute approximate surface area is 137 Å². The van der Waals surface area contributed by atoms with Crippen LogP contribution in [0.3, 0.4) is 0 Å². The molecular formula is C17H26N6. The monoisotopic (exact) mass is 314 g/mol. The van der Waals surface area contributed by atoms with Crippen molar-refractivity contribution < 1.29 is 0 Å². The number of fused-ring (bicyclic) bond motifs is 1. The highest BCUT2D eigenvalue weighted by atomic mass is 15.3. The fourth-order valence-corrected chi connectivity index (χ4v) is 4.53. The molecule has 0 N–H and O–H groups in total. The first-order valence-corrected chi connectivity index (χ1v) is 8.80. The molecule has 0 saturated carbocycles. The zero-order valence-corrected chi connectivity index (χ0v) is 14.3. The third-order valence-corrected chi connectivity index (χ3v) is 5.65. The Balaban J connectivity index is 1.61. The topological polar surface area (TPSA) is 50.1 Å². The molecule has 0 bridgehead atoms. The van der Waals surface area contributed by atoms with Gasteiger partial charge in [-0.05, 0) is 39.5 Å². The summed E-state index contributed by atoms with van der Waals surface area (Å²) >= 11 is 0. The van der Waals surface area contributed by atoms with Crippen molar-refractivity contribution in [1.29, 1.82) is 0 Å². The largest absolute Gasteiger partial charge is 0.354 e. The summed E-state index contributed by atoms with van der Waals surface area (Å²) in [5, 5.41) is 5.42. The van der Waals surface area contributed by atoms with Crippen LogP contribution in [0.2, 0.25) is 0 Å². The van der Waals surface area contributed by atoms with E-state index in [4.69, 9.17) is 0 Å². The molecule has 2 saturated heterocycles. The Bertz CT molecular complexity index is 685. The van der Waals surface area contributed by atoms with Crippen LogP contribution in [0, 0.1) is 0 Å². The van der Waals surface area contributed by atoms with E-state index in [1.165, 1.54) is 25.7 Å². The third kappa shape index (κ3) is 2.49. The zero-order valence-electron chi connectivity index (χ0n) is 14.3. The van der Waals surface area contributed by atoms with Crippen LogP contribution in [0.25, 0.3) is 11.0 Å². The molecular weight excluding hydrogens is 288 g/mol. The molecule has 3 atom stereocenters. The van der Waals surface area contributed by atoms with Crippen LogP contribution in [-0.4, -0.2) is 55.9 Å². The molecule has 2 aliphatic heterocycles. The van der Waals surface area contributed by atoms with Gasteiger partial charge in [-0.2, -0.15) is 5.10 Å². The Morgan fingerprint density at radius 2 is 1.87 bits per heavy atom. The molecule has 0 aromatic carbocycles. The number of likely N-dealkylation sites (tertiary alicyclic amines) is 1. The van der Waals surface area contributed by atoms with Gasteiger partial charge >= 0.3 is 0 Å². The van der Waals surface area contributed by atoms with Crippen molar-refractivity contribution in [2.24, 2.45) is 7.05 Å². The molecule has 2 aromatic rings. The van der Waals surface area contributed by atoms with Gasteiger partial charge in [0.1, 0.15) is 12.1 Å². The minimum absolute atomic E-state index is 0.637. The van der Waals surface area contributed by atoms with Crippen molar-refractivity contribution in [2.45, 2.75) is 57.7 Å². The van der Waals surface area contributed by atoms with Gasteiger partial charge in [0, 0.05) is 38.3 Å². The molecule has 0 aliphatic carbocycles. The van der Waals surface area contributed by atoms with Crippen molar-refractivity contribution in [1.82, 2.24) is 24.6 Å². The van der Waals surface area contributed by atoms with Crippen molar-refractivity contribution >= 4 is 16.9 Å². The summed E-state index contributed by atoms with van der Waals surface area (Å²) in [6.07, 6.45) is 8.76. The number of nitrogens with zero attached hydrogens (tertiary/aromatic N) is 6. The lowest BCUT2D eigenvalue weighted by Gasteiger charge is -2.42. The van der Waals surface area contributed by atoms with E-state index in [0.29, 0.717) is 18.1 Å². The van der Waals surface area contributed by atoms with Crippen molar-refractivity contribution in [3.63, 3.8) is 0 Å². The van der Waals surface area contributed by atoms with Gasteiger partial charge in [-0.15, -0.1) is 0 Å². The van der Waals surface area contributed by atoms with Crippen LogP contribution in [0.15, 0.2) is 12.5 Å². The molecule has 0 spiro atoms. The Kier molecular flexibility index (Phi) is 3.71. The van der Waals surface area contributed by atoms with E-state index >= 15 is 0 Å². The van der Waals surface area contributed by atoms with Gasteiger partial charge < -0.3 is 4.90 Å². The molecule has 6 nitrogen and oxygen atoms in total. The van der Waals surface area contributed by atoms with E-state index in [-0.39, 0.29) is 0 Å². The van der Waals surface area contributed by atoms with Gasteiger partial charge in [-0.25, -0.2) is 9.97 Å². The maximum absolute atomic E-state index is 4.59. The normalized spacial score (nSPS) is 29.5. The first-order valence-electron chi connectivity index (χ1n) is 8.80. The number of rotatable bonds is 2. The average molecular weight is 314 g/mol. The lowest BCUT2D eigenvalue weighted by Crippen LogP contribution is -2.51. The van der Waals surface area contributed by atoms with Crippen LogP contribution in [-0.2, 0) is 7.05 Å². The highest BCUT2D eigenvalue weighted by Gasteiger charge is 2.35. The molecule has 3 unspecified atom stereocenters. The summed E-state index contributed by atoms with van der Waals surface area (Å²) in [6, 6.07) is 2.05. The van der Waals surface area contributed by atoms with E-state index < -0.39 is 0 Å². The average Bonchev–Trinajstić information content (AvgIpc) is 3.10. The molecule has 0 amide bonds. The van der Waals surface area contributed by atoms with Crippen LogP contribution in [0.4, 0.5) is 5.82 Å². The lowest BCUT2D eigenvalue weighted by molar-refractivity contribution is 0.129. The van der Waals surface area contributed by atoms with Gasteiger partial charge in [-0.3, -0.25) is 9.58 Å². The Hall–Kier alpha value is -1.69. The lowest BCUT2D eigenvalue weighted by atomic mass is 10.0. The SMILES string of the molecule is CC1CCC(C)N1C1CCCN(c2ncnc3c2cnn3C)C1. The maximum Gasteiger partial charge on any atom is 0.163 e. The summed E-state index contributed by atoms with van der Waals surface area (Å²) in [4.78, 5) is 14.1. The molecule has 2 fully saturated rings. The number of hydrogen-bond acceptors (Lipinski definition) is 5. The zero-order chi connectivity index (χ0) is 16.0. The molecule has 2 aliphatic rings. The van der Waals surface area contributed by atoms with E-state index in [9.17, 15) is 0 Å². The second-order valence-electron chi connectivity index (χ2n) is 7.17. The molecule has 0 radical (unpaired) electrons. The van der Waals surface area contributed by atoms with Gasteiger partial charge in [0.2, 0.25) is 0 Å². The smallest absolute Gasteiger partial charge is 0.163 e. The quantitative estimate of drug-likeness (QED) is 0.850. The molecule has 2 aromatic heterocycles. The van der Waals surface area contributed by atoms with Crippen molar-refractivity contribution in [3.8, 4) is 0 Å². The summed E-state index contributed by atoms with van der Waals surface area (Å²) in [6.45, 7) is 6.91. The molecule has 4 heterocycles. The molecule has 6 heteroatoms. The maximum atomic E-state index is 4.59. The Morgan fingerprint density at radius 3 is 2.65 bits per heavy atom. The van der Waals surface area contributed by atoms with E-state index in [0.717, 1.165) is 29.9 Å². The van der Waals surface area contributed by atoms with E-state index in [2.05, 4.69) is 38.7 Å². The summed E-state index contributed by atoms with van der Waals surface area (Å²) in [5.74, 6) is 1.05. The molecule has 124 valence electrons. The van der Waals surface area contributed by atoms with Crippen LogP contribution in [0.1, 0.15) is 39.5 Å². The van der Waals surface area contributed by atoms with Gasteiger partial charge in [0.25, 0.3) is 0 Å². The van der Waals surface area contributed by atoms with E-state index in [1.54, 1.807) is 6.33 Å². The fraction of sp³-hybridized carbons (Fsp3) is 0.706.